The first kappa shape index (κ1) is 21.6. The zero-order valence-electron chi connectivity index (χ0n) is 18.7. The third-order valence-corrected chi connectivity index (χ3v) is 7.30. The molecule has 174 valence electrons. The first-order valence-electron chi connectivity index (χ1n) is 11.5. The summed E-state index contributed by atoms with van der Waals surface area (Å²) >= 11 is 0. The largest absolute Gasteiger partial charge is 0.431 e. The minimum Gasteiger partial charge on any atom is -0.431 e. The number of pyridine rings is 1. The monoisotopic (exact) mass is 447 g/mol. The highest BCUT2D eigenvalue weighted by atomic mass is 19.3. The molecule has 2 aliphatic carbocycles. The SMILES string of the molecule is CC(C)n1nc(-c2cnc(N)c(OC(F)F)c2)cc1[C@H]1[C@@H]2CC(N3CCOC[C@H]3C)C[C@@H]21. The van der Waals surface area contributed by atoms with Crippen LogP contribution in [0.2, 0.25) is 0 Å². The smallest absolute Gasteiger partial charge is 0.387 e. The van der Waals surface area contributed by atoms with E-state index in [1.165, 1.54) is 24.6 Å². The van der Waals surface area contributed by atoms with Gasteiger partial charge in [-0.1, -0.05) is 0 Å². The van der Waals surface area contributed by atoms with Crippen LogP contribution in [-0.4, -0.2) is 58.1 Å². The molecular formula is C23H31F2N5O2. The number of nitrogens with two attached hydrogens (primary N) is 1. The molecule has 2 N–H and O–H groups in total. The molecule has 1 saturated heterocycles. The normalized spacial score (nSPS) is 30.2. The molecular weight excluding hydrogens is 416 g/mol. The number of ether oxygens (including phenoxy) is 2. The predicted molar refractivity (Wildman–Crippen MR) is 117 cm³/mol. The van der Waals surface area contributed by atoms with Crippen molar-refractivity contribution in [2.45, 2.75) is 64.3 Å². The number of aromatic nitrogens is 3. The second-order valence-corrected chi connectivity index (χ2v) is 9.62. The van der Waals surface area contributed by atoms with Gasteiger partial charge in [-0.3, -0.25) is 9.58 Å². The van der Waals surface area contributed by atoms with E-state index < -0.39 is 6.61 Å². The highest BCUT2D eigenvalue weighted by Crippen LogP contribution is 2.64. The fraction of sp³-hybridized carbons (Fsp3) is 0.652. The summed E-state index contributed by atoms with van der Waals surface area (Å²) in [6.07, 6.45) is 4.00. The molecule has 7 nitrogen and oxygen atoms in total. The molecule has 1 aliphatic heterocycles. The Morgan fingerprint density at radius 1 is 1.22 bits per heavy atom. The van der Waals surface area contributed by atoms with Crippen LogP contribution in [0.1, 0.15) is 51.3 Å². The summed E-state index contributed by atoms with van der Waals surface area (Å²) < 4.78 is 37.6. The van der Waals surface area contributed by atoms with Gasteiger partial charge in [-0.25, -0.2) is 4.98 Å². The number of fused-ring (bicyclic) bond motifs is 1. The third-order valence-electron chi connectivity index (χ3n) is 7.30. The van der Waals surface area contributed by atoms with Crippen molar-refractivity contribution < 1.29 is 18.3 Å². The third kappa shape index (κ3) is 3.85. The minimum atomic E-state index is -2.95. The predicted octanol–water partition coefficient (Wildman–Crippen LogP) is 3.92. The maximum absolute atomic E-state index is 12.7. The molecule has 2 aromatic heterocycles. The molecule has 3 fully saturated rings. The van der Waals surface area contributed by atoms with Crippen LogP contribution in [0, 0.1) is 11.8 Å². The quantitative estimate of drug-likeness (QED) is 0.723. The lowest BCUT2D eigenvalue weighted by molar-refractivity contribution is -0.0494. The Bertz CT molecular complexity index is 969. The van der Waals surface area contributed by atoms with Crippen LogP contribution in [0.4, 0.5) is 14.6 Å². The average molecular weight is 448 g/mol. The number of morpholine rings is 1. The maximum atomic E-state index is 12.7. The van der Waals surface area contributed by atoms with Gasteiger partial charge >= 0.3 is 6.61 Å². The molecule has 0 spiro atoms. The fourth-order valence-electron chi connectivity index (χ4n) is 5.80. The molecule has 5 rings (SSSR count). The van der Waals surface area contributed by atoms with Crippen LogP contribution in [-0.2, 0) is 4.74 Å². The first-order chi connectivity index (χ1) is 15.3. The lowest BCUT2D eigenvalue weighted by Gasteiger charge is -2.38. The van der Waals surface area contributed by atoms with Crippen LogP contribution in [0.3, 0.4) is 0 Å². The van der Waals surface area contributed by atoms with Gasteiger partial charge in [0.25, 0.3) is 0 Å². The van der Waals surface area contributed by atoms with E-state index in [0.29, 0.717) is 41.1 Å². The summed E-state index contributed by atoms with van der Waals surface area (Å²) in [5, 5.41) is 4.81. The van der Waals surface area contributed by atoms with Crippen molar-refractivity contribution in [2.75, 3.05) is 25.5 Å². The number of nitrogen functional groups attached to an aromatic ring is 1. The number of nitrogens with zero attached hydrogens (tertiary/aromatic N) is 4. The highest BCUT2D eigenvalue weighted by molar-refractivity contribution is 5.64. The van der Waals surface area contributed by atoms with E-state index in [2.05, 4.69) is 46.1 Å². The molecule has 2 saturated carbocycles. The topological polar surface area (TPSA) is 78.4 Å². The summed E-state index contributed by atoms with van der Waals surface area (Å²) in [5.74, 6) is 1.69. The van der Waals surface area contributed by atoms with Gasteiger partial charge in [0.2, 0.25) is 0 Å². The zero-order valence-corrected chi connectivity index (χ0v) is 18.7. The average Bonchev–Trinajstić information content (AvgIpc) is 3.09. The van der Waals surface area contributed by atoms with Crippen molar-refractivity contribution in [1.82, 2.24) is 19.7 Å². The number of halogens is 2. The van der Waals surface area contributed by atoms with Crippen LogP contribution in [0.15, 0.2) is 18.3 Å². The van der Waals surface area contributed by atoms with Gasteiger partial charge in [0.15, 0.2) is 11.6 Å². The number of rotatable bonds is 6. The maximum Gasteiger partial charge on any atom is 0.387 e. The van der Waals surface area contributed by atoms with Crippen LogP contribution in [0.25, 0.3) is 11.3 Å². The van der Waals surface area contributed by atoms with E-state index in [-0.39, 0.29) is 17.6 Å². The second-order valence-electron chi connectivity index (χ2n) is 9.62. The van der Waals surface area contributed by atoms with Gasteiger partial charge in [0.05, 0.1) is 18.9 Å². The first-order valence-corrected chi connectivity index (χ1v) is 11.5. The number of hydrogen-bond donors (Lipinski definition) is 1. The van der Waals surface area contributed by atoms with Gasteiger partial charge in [0.1, 0.15) is 0 Å². The Hall–Kier alpha value is -2.26. The second kappa shape index (κ2) is 8.26. The number of hydrogen-bond acceptors (Lipinski definition) is 6. The Morgan fingerprint density at radius 2 is 1.97 bits per heavy atom. The van der Waals surface area contributed by atoms with Crippen molar-refractivity contribution in [2.24, 2.45) is 11.8 Å². The Balaban J connectivity index is 1.36. The summed E-state index contributed by atoms with van der Waals surface area (Å²) in [6.45, 7) is 6.21. The number of anilines is 1. The van der Waals surface area contributed by atoms with Crippen LogP contribution < -0.4 is 10.5 Å². The Morgan fingerprint density at radius 3 is 2.62 bits per heavy atom. The van der Waals surface area contributed by atoms with E-state index in [4.69, 9.17) is 15.6 Å². The van der Waals surface area contributed by atoms with Crippen LogP contribution in [0.5, 0.6) is 5.75 Å². The Kier molecular flexibility index (Phi) is 5.57. The molecule has 0 radical (unpaired) electrons. The van der Waals surface area contributed by atoms with E-state index in [1.807, 2.05) is 0 Å². The molecule has 32 heavy (non-hydrogen) atoms. The lowest BCUT2D eigenvalue weighted by Crippen LogP contribution is -2.49. The van der Waals surface area contributed by atoms with Gasteiger partial charge < -0.3 is 15.2 Å². The molecule has 0 aromatic carbocycles. The molecule has 0 bridgehead atoms. The number of alkyl halides is 2. The van der Waals surface area contributed by atoms with Crippen molar-refractivity contribution in [3.05, 3.63) is 24.0 Å². The van der Waals surface area contributed by atoms with Gasteiger partial charge in [-0.15, -0.1) is 0 Å². The van der Waals surface area contributed by atoms with Crippen molar-refractivity contribution in [1.29, 1.82) is 0 Å². The summed E-state index contributed by atoms with van der Waals surface area (Å²) in [4.78, 5) is 6.66. The van der Waals surface area contributed by atoms with Gasteiger partial charge in [-0.05, 0) is 57.6 Å². The van der Waals surface area contributed by atoms with E-state index in [1.54, 1.807) is 6.20 Å². The van der Waals surface area contributed by atoms with E-state index in [0.717, 1.165) is 19.8 Å². The fourth-order valence-corrected chi connectivity index (χ4v) is 5.80. The molecule has 3 heterocycles. The van der Waals surface area contributed by atoms with Crippen molar-refractivity contribution in [3.8, 4) is 17.0 Å². The van der Waals surface area contributed by atoms with E-state index >= 15 is 0 Å². The molecule has 3 aliphatic rings. The molecule has 1 unspecified atom stereocenters. The summed E-state index contributed by atoms with van der Waals surface area (Å²) in [7, 11) is 0. The van der Waals surface area contributed by atoms with Crippen molar-refractivity contribution in [3.63, 3.8) is 0 Å². The van der Waals surface area contributed by atoms with E-state index in [9.17, 15) is 8.78 Å². The van der Waals surface area contributed by atoms with Crippen molar-refractivity contribution >= 4 is 5.82 Å². The van der Waals surface area contributed by atoms with Gasteiger partial charge in [-0.2, -0.15) is 13.9 Å². The summed E-state index contributed by atoms with van der Waals surface area (Å²) in [6, 6.07) is 4.92. The molecule has 0 amide bonds. The minimum absolute atomic E-state index is 0.0577. The lowest BCUT2D eigenvalue weighted by atomic mass is 10.0. The highest BCUT2D eigenvalue weighted by Gasteiger charge is 2.59. The standard InChI is InChI=1S/C23H31F2N5O2/c1-12(2)30-19(9-18(28-30)14-6-20(32-23(24)25)22(26)27-10-14)21-16-7-15(8-17(16)21)29-4-5-31-11-13(29)3/h6,9-10,12-13,15-17,21,23H,4-5,7-8,11H2,1-3H3,(H2,26,27)/t13-,15?,16-,17+,21+/m1/s1. The van der Waals surface area contributed by atoms with Gasteiger partial charge in [0, 0.05) is 48.0 Å². The zero-order chi connectivity index (χ0) is 22.6. The molecule has 5 atom stereocenters. The molecule has 2 aromatic rings. The summed E-state index contributed by atoms with van der Waals surface area (Å²) in [5.41, 5.74) is 8.26. The Labute approximate surface area is 186 Å². The van der Waals surface area contributed by atoms with Crippen LogP contribution >= 0.6 is 0 Å². The molecule has 9 heteroatoms.